The van der Waals surface area contributed by atoms with Crippen LogP contribution in [0.2, 0.25) is 0 Å². The van der Waals surface area contributed by atoms with Crippen molar-refractivity contribution in [3.63, 3.8) is 0 Å². The van der Waals surface area contributed by atoms with Gasteiger partial charge < -0.3 is 4.90 Å². The number of nitrogens with zero attached hydrogens (tertiary/aromatic N) is 2. The lowest BCUT2D eigenvalue weighted by molar-refractivity contribution is -0.133. The van der Waals surface area contributed by atoms with E-state index in [9.17, 15) is 14.4 Å². The zero-order valence-corrected chi connectivity index (χ0v) is 14.4. The highest BCUT2D eigenvalue weighted by Crippen LogP contribution is 2.34. The summed E-state index contributed by atoms with van der Waals surface area (Å²) in [5.41, 5.74) is 1.67. The number of likely N-dealkylation sites (N-methyl/N-ethyl adjacent to an activating group) is 1. The highest BCUT2D eigenvalue weighted by molar-refractivity contribution is 5.81. The molecule has 1 N–H and O–H groups in total. The summed E-state index contributed by atoms with van der Waals surface area (Å²) in [6.45, 7) is -0.186. The van der Waals surface area contributed by atoms with E-state index in [1.54, 1.807) is 36.2 Å². The summed E-state index contributed by atoms with van der Waals surface area (Å²) in [4.78, 5) is 39.2. The summed E-state index contributed by atoms with van der Waals surface area (Å²) in [6, 6.07) is 14.7. The number of nitrogens with one attached hydrogen (secondary N) is 1. The monoisotopic (exact) mass is 349 g/mol. The van der Waals surface area contributed by atoms with E-state index in [1.807, 2.05) is 18.2 Å². The van der Waals surface area contributed by atoms with Gasteiger partial charge in [0, 0.05) is 7.05 Å². The smallest absolute Gasteiger partial charge is 0.273 e. The van der Waals surface area contributed by atoms with E-state index in [1.165, 1.54) is 5.56 Å². The number of aromatic amines is 1. The van der Waals surface area contributed by atoms with Crippen LogP contribution in [0.4, 0.5) is 0 Å². The summed E-state index contributed by atoms with van der Waals surface area (Å²) in [7, 11) is 1.75. The summed E-state index contributed by atoms with van der Waals surface area (Å²) in [5, 5.41) is 3.17. The number of H-pyrrole nitrogens is 1. The topological polar surface area (TPSA) is 75.2 Å². The third-order valence-electron chi connectivity index (χ3n) is 5.14. The quantitative estimate of drug-likeness (QED) is 0.784. The van der Waals surface area contributed by atoms with E-state index in [0.29, 0.717) is 10.8 Å². The third-order valence-corrected chi connectivity index (χ3v) is 5.14. The van der Waals surface area contributed by atoms with Crippen LogP contribution in [0.3, 0.4) is 0 Å². The second-order valence-electron chi connectivity index (χ2n) is 6.64. The van der Waals surface area contributed by atoms with Gasteiger partial charge in [-0.25, -0.2) is 4.68 Å². The van der Waals surface area contributed by atoms with Gasteiger partial charge in [0.15, 0.2) is 0 Å². The molecule has 0 spiro atoms. The predicted molar refractivity (Wildman–Crippen MR) is 99.1 cm³/mol. The van der Waals surface area contributed by atoms with E-state index in [0.717, 1.165) is 23.1 Å². The average Bonchev–Trinajstić information content (AvgIpc) is 3.09. The highest BCUT2D eigenvalue weighted by atomic mass is 16.2. The van der Waals surface area contributed by atoms with Gasteiger partial charge in [-0.15, -0.1) is 0 Å². The zero-order chi connectivity index (χ0) is 18.3. The minimum atomic E-state index is -0.373. The zero-order valence-electron chi connectivity index (χ0n) is 14.4. The van der Waals surface area contributed by atoms with Gasteiger partial charge in [-0.05, 0) is 36.1 Å². The molecule has 6 nitrogen and oxygen atoms in total. The minimum Gasteiger partial charge on any atom is -0.337 e. The van der Waals surface area contributed by atoms with Crippen molar-refractivity contribution in [3.8, 4) is 0 Å². The summed E-state index contributed by atoms with van der Waals surface area (Å²) >= 11 is 0. The minimum absolute atomic E-state index is 0.00146. The van der Waals surface area contributed by atoms with Gasteiger partial charge in [-0.3, -0.25) is 19.5 Å². The molecule has 2 aromatic carbocycles. The fourth-order valence-electron chi connectivity index (χ4n) is 3.72. The number of rotatable bonds is 3. The van der Waals surface area contributed by atoms with E-state index in [2.05, 4.69) is 11.2 Å². The van der Waals surface area contributed by atoms with Crippen molar-refractivity contribution in [3.05, 3.63) is 80.4 Å². The fraction of sp³-hybridized carbons (Fsp3) is 0.250. The van der Waals surface area contributed by atoms with Crippen molar-refractivity contribution < 1.29 is 4.79 Å². The SMILES string of the molecule is CN(C(=O)Cn1[nH]c(=O)c2ccccc2c1=O)C1CCc2ccccc21. The molecule has 6 heteroatoms. The molecule has 0 bridgehead atoms. The standard InChI is InChI=1S/C20H19N3O3/c1-22(17-11-10-13-6-2-3-7-14(13)17)18(24)12-23-20(26)16-9-5-4-8-15(16)19(25)21-23/h2-9,17H,10-12H2,1H3,(H,21,25). The lowest BCUT2D eigenvalue weighted by atomic mass is 10.1. The largest absolute Gasteiger partial charge is 0.337 e. The van der Waals surface area contributed by atoms with E-state index in [4.69, 9.17) is 0 Å². The van der Waals surface area contributed by atoms with Crippen LogP contribution in [0.1, 0.15) is 23.6 Å². The van der Waals surface area contributed by atoms with Crippen LogP contribution in [-0.2, 0) is 17.8 Å². The predicted octanol–water partition coefficient (Wildman–Crippen LogP) is 1.84. The summed E-state index contributed by atoms with van der Waals surface area (Å²) in [6.07, 6.45) is 1.80. The number of carbonyl (C=O) groups excluding carboxylic acids is 1. The first kappa shape index (κ1) is 16.3. The Bertz CT molecular complexity index is 1110. The number of fused-ring (bicyclic) bond motifs is 2. The Morgan fingerprint density at radius 2 is 1.81 bits per heavy atom. The first-order valence-corrected chi connectivity index (χ1v) is 8.61. The molecule has 1 atom stereocenters. The molecule has 0 radical (unpaired) electrons. The van der Waals surface area contributed by atoms with Gasteiger partial charge in [-0.1, -0.05) is 36.4 Å². The molecule has 1 aromatic heterocycles. The Kier molecular flexibility index (Phi) is 3.95. The number of aryl methyl sites for hydroxylation is 1. The lowest BCUT2D eigenvalue weighted by Crippen LogP contribution is -2.38. The molecule has 0 aliphatic heterocycles. The number of carbonyl (C=O) groups is 1. The van der Waals surface area contributed by atoms with Crippen molar-refractivity contribution in [2.45, 2.75) is 25.4 Å². The maximum absolute atomic E-state index is 12.8. The molecule has 4 rings (SSSR count). The molecule has 0 saturated carbocycles. The molecule has 1 amide bonds. The summed E-state index contributed by atoms with van der Waals surface area (Å²) < 4.78 is 1.10. The number of hydrogen-bond donors (Lipinski definition) is 1. The van der Waals surface area contributed by atoms with Crippen molar-refractivity contribution >= 4 is 16.7 Å². The Morgan fingerprint density at radius 1 is 1.12 bits per heavy atom. The first-order chi connectivity index (χ1) is 12.6. The normalized spacial score (nSPS) is 15.8. The molecular weight excluding hydrogens is 330 g/mol. The molecule has 3 aromatic rings. The Balaban J connectivity index is 1.63. The van der Waals surface area contributed by atoms with Crippen LogP contribution < -0.4 is 11.1 Å². The average molecular weight is 349 g/mol. The van der Waals surface area contributed by atoms with Crippen LogP contribution in [0.15, 0.2) is 58.1 Å². The number of hydrogen-bond acceptors (Lipinski definition) is 3. The lowest BCUT2D eigenvalue weighted by Gasteiger charge is -2.25. The maximum Gasteiger partial charge on any atom is 0.273 e. The van der Waals surface area contributed by atoms with Gasteiger partial charge in [0.25, 0.3) is 11.1 Å². The molecule has 0 saturated heterocycles. The number of amides is 1. The van der Waals surface area contributed by atoms with Crippen molar-refractivity contribution in [2.75, 3.05) is 7.05 Å². The van der Waals surface area contributed by atoms with Gasteiger partial charge in [0.2, 0.25) is 5.91 Å². The fourth-order valence-corrected chi connectivity index (χ4v) is 3.72. The van der Waals surface area contributed by atoms with Gasteiger partial charge >= 0.3 is 0 Å². The molecule has 1 aliphatic carbocycles. The second-order valence-corrected chi connectivity index (χ2v) is 6.64. The van der Waals surface area contributed by atoms with Crippen molar-refractivity contribution in [1.82, 2.24) is 14.7 Å². The molecule has 132 valence electrons. The number of aromatic nitrogens is 2. The van der Waals surface area contributed by atoms with Gasteiger partial charge in [0.1, 0.15) is 6.54 Å². The van der Waals surface area contributed by atoms with E-state index < -0.39 is 0 Å². The molecule has 26 heavy (non-hydrogen) atoms. The van der Waals surface area contributed by atoms with Crippen LogP contribution in [0.25, 0.3) is 10.8 Å². The van der Waals surface area contributed by atoms with Crippen LogP contribution >= 0.6 is 0 Å². The Hall–Kier alpha value is -3.15. The van der Waals surface area contributed by atoms with Crippen LogP contribution in [0.5, 0.6) is 0 Å². The highest BCUT2D eigenvalue weighted by Gasteiger charge is 2.28. The Labute approximate surface area is 149 Å². The van der Waals surface area contributed by atoms with Crippen molar-refractivity contribution in [1.29, 1.82) is 0 Å². The van der Waals surface area contributed by atoms with Crippen LogP contribution in [-0.4, -0.2) is 27.6 Å². The maximum atomic E-state index is 12.8. The third kappa shape index (κ3) is 2.63. The Morgan fingerprint density at radius 3 is 2.62 bits per heavy atom. The molecule has 1 heterocycles. The molecule has 1 unspecified atom stereocenters. The van der Waals surface area contributed by atoms with Gasteiger partial charge in [-0.2, -0.15) is 0 Å². The van der Waals surface area contributed by atoms with Gasteiger partial charge in [0.05, 0.1) is 16.8 Å². The second kappa shape index (κ2) is 6.29. The molecule has 1 aliphatic rings. The number of benzene rings is 2. The molecular formula is C20H19N3O3. The van der Waals surface area contributed by atoms with E-state index in [-0.39, 0.29) is 29.6 Å². The first-order valence-electron chi connectivity index (χ1n) is 8.61. The van der Waals surface area contributed by atoms with Crippen LogP contribution in [0, 0.1) is 0 Å². The summed E-state index contributed by atoms with van der Waals surface area (Å²) in [5.74, 6) is -0.209. The molecule has 0 fully saturated rings. The van der Waals surface area contributed by atoms with Crippen molar-refractivity contribution in [2.24, 2.45) is 0 Å². The van der Waals surface area contributed by atoms with E-state index >= 15 is 0 Å².